The molecule has 7 fully saturated rings. The van der Waals surface area contributed by atoms with Crippen molar-refractivity contribution in [1.29, 1.82) is 0 Å². The number of allylic oxidation sites excluding steroid dienone is 1. The molecular formula is C42H51N3O9. The molecule has 3 aliphatic carbocycles. The number of carbonyl (C=O) groups is 3. The minimum Gasteiger partial charge on any atom is -0.458 e. The molecule has 3 saturated carbocycles. The van der Waals surface area contributed by atoms with Crippen LogP contribution in [0.2, 0.25) is 0 Å². The number of aliphatic hydroxyl groups excluding tert-OH is 1. The van der Waals surface area contributed by atoms with E-state index >= 15 is 0 Å². The summed E-state index contributed by atoms with van der Waals surface area (Å²) in [4.78, 5) is 47.6. The van der Waals surface area contributed by atoms with Crippen molar-refractivity contribution in [2.45, 2.75) is 115 Å². The van der Waals surface area contributed by atoms with E-state index in [1.165, 1.54) is 18.4 Å². The predicted molar refractivity (Wildman–Crippen MR) is 195 cm³/mol. The first kappa shape index (κ1) is 36.0. The molecule has 9 rings (SSSR count). The summed E-state index contributed by atoms with van der Waals surface area (Å²) in [6.07, 6.45) is 5.99. The van der Waals surface area contributed by atoms with Crippen molar-refractivity contribution in [3.05, 3.63) is 76.4 Å². The zero-order chi connectivity index (χ0) is 37.4. The molecule has 0 spiro atoms. The van der Waals surface area contributed by atoms with Gasteiger partial charge in [0.2, 0.25) is 5.91 Å². The normalized spacial score (nSPS) is 38.1. The van der Waals surface area contributed by atoms with Crippen LogP contribution in [-0.4, -0.2) is 90.1 Å². The zero-order valence-corrected chi connectivity index (χ0v) is 31.3. The Balaban J connectivity index is 0.966. The lowest BCUT2D eigenvalue weighted by molar-refractivity contribution is -0.201. The van der Waals surface area contributed by atoms with Gasteiger partial charge in [0.1, 0.15) is 36.6 Å². The highest BCUT2D eigenvalue weighted by molar-refractivity contribution is 5.95. The fraction of sp³-hybridized carbons (Fsp3) is 0.595. The van der Waals surface area contributed by atoms with Crippen LogP contribution in [-0.2, 0) is 46.5 Å². The van der Waals surface area contributed by atoms with Gasteiger partial charge < -0.3 is 34.7 Å². The third kappa shape index (κ3) is 6.10. The second-order valence-electron chi connectivity index (χ2n) is 17.3. The topological polar surface area (TPSA) is 148 Å². The van der Waals surface area contributed by atoms with E-state index in [9.17, 15) is 14.4 Å². The molecular weight excluding hydrogens is 690 g/mol. The molecule has 0 radical (unpaired) electrons. The number of esters is 1. The van der Waals surface area contributed by atoms with Crippen LogP contribution in [0, 0.1) is 22.7 Å². The number of hydroxylamine groups is 2. The van der Waals surface area contributed by atoms with Crippen molar-refractivity contribution in [2.24, 2.45) is 22.7 Å². The molecule has 1 unspecified atom stereocenters. The van der Waals surface area contributed by atoms with Gasteiger partial charge in [0.25, 0.3) is 5.91 Å². The maximum atomic E-state index is 14.5. The van der Waals surface area contributed by atoms with E-state index in [0.717, 1.165) is 30.4 Å². The number of nitrogens with one attached hydrogen (secondary N) is 2. The molecule has 4 heterocycles. The van der Waals surface area contributed by atoms with Gasteiger partial charge in [-0.3, -0.25) is 19.2 Å². The summed E-state index contributed by atoms with van der Waals surface area (Å²) in [5, 5.41) is 16.4. The Morgan fingerprint density at radius 3 is 2.65 bits per heavy atom. The van der Waals surface area contributed by atoms with Gasteiger partial charge >= 0.3 is 5.97 Å². The lowest BCUT2D eigenvalue weighted by Crippen LogP contribution is -2.69. The van der Waals surface area contributed by atoms with Gasteiger partial charge in [-0.15, -0.1) is 0 Å². The second-order valence-corrected chi connectivity index (χ2v) is 17.3. The van der Waals surface area contributed by atoms with Gasteiger partial charge in [-0.25, -0.2) is 0 Å². The van der Waals surface area contributed by atoms with Gasteiger partial charge in [0.15, 0.2) is 6.04 Å². The molecule has 4 aliphatic heterocycles. The van der Waals surface area contributed by atoms with Crippen LogP contribution in [0.1, 0.15) is 86.3 Å². The van der Waals surface area contributed by atoms with E-state index < -0.39 is 41.8 Å². The molecule has 12 heteroatoms. The molecule has 54 heavy (non-hydrogen) atoms. The number of hydrogen-bond donors (Lipinski definition) is 3. The Labute approximate surface area is 315 Å². The highest BCUT2D eigenvalue weighted by Gasteiger charge is 2.74. The number of fused-ring (bicyclic) bond motifs is 6. The van der Waals surface area contributed by atoms with E-state index in [0.29, 0.717) is 34.5 Å². The maximum Gasteiger partial charge on any atom is 0.327 e. The minimum atomic E-state index is -1.28. The van der Waals surface area contributed by atoms with Crippen LogP contribution >= 0.6 is 0 Å². The number of benzene rings is 2. The van der Waals surface area contributed by atoms with Crippen molar-refractivity contribution < 1.29 is 43.3 Å². The number of ether oxygens (including phenoxy) is 4. The van der Waals surface area contributed by atoms with Crippen molar-refractivity contribution in [3.8, 4) is 0 Å². The molecule has 2 aromatic rings. The van der Waals surface area contributed by atoms with E-state index in [2.05, 4.69) is 49.6 Å². The largest absolute Gasteiger partial charge is 0.458 e. The van der Waals surface area contributed by atoms with E-state index in [4.69, 9.17) is 28.9 Å². The number of nitrogens with zero attached hydrogens (tertiary/aromatic N) is 1. The quantitative estimate of drug-likeness (QED) is 0.254. The summed E-state index contributed by atoms with van der Waals surface area (Å²) >= 11 is 0. The Hall–Kier alpha value is -3.65. The first-order valence-electron chi connectivity index (χ1n) is 19.6. The molecule has 12 nitrogen and oxygen atoms in total. The highest BCUT2D eigenvalue weighted by atomic mass is 16.8. The van der Waals surface area contributed by atoms with Crippen molar-refractivity contribution in [2.75, 3.05) is 19.9 Å². The Kier molecular flexibility index (Phi) is 9.02. The zero-order valence-electron chi connectivity index (χ0n) is 31.3. The Bertz CT molecular complexity index is 1860. The van der Waals surface area contributed by atoms with E-state index in [1.54, 1.807) is 23.3 Å². The molecule has 2 amide bonds. The number of carbonyl (C=O) groups excluding carboxylic acids is 3. The predicted octanol–water partition coefficient (Wildman–Crippen LogP) is 4.04. The van der Waals surface area contributed by atoms with Crippen molar-refractivity contribution in [3.63, 3.8) is 0 Å². The van der Waals surface area contributed by atoms with Crippen LogP contribution < -0.4 is 10.6 Å². The van der Waals surface area contributed by atoms with Crippen LogP contribution in [0.4, 0.5) is 0 Å². The van der Waals surface area contributed by atoms with Crippen LogP contribution in [0.3, 0.4) is 0 Å². The number of epoxide rings is 1. The summed E-state index contributed by atoms with van der Waals surface area (Å²) in [6, 6.07) is 14.3. The SMILES string of the molecule is CC1(C)C[C@@H]2C(=Cc3cccc(CN4O[C@@H]5[C@H]6OCO[C@H]6[C@@H]6C[C@]5(C(=O)NCc5cccc(C(=O)NCCO)c5)[C@@H]4C(=O)O6)c3)CCC3O[C@]3(C)CC[C@H]21. The van der Waals surface area contributed by atoms with Crippen molar-refractivity contribution >= 4 is 23.9 Å². The molecule has 2 aromatic carbocycles. The molecule has 10 atom stereocenters. The van der Waals surface area contributed by atoms with Gasteiger partial charge in [-0.1, -0.05) is 61.9 Å². The molecule has 288 valence electrons. The molecule has 0 aromatic heterocycles. The number of rotatable bonds is 9. The van der Waals surface area contributed by atoms with E-state index in [-0.39, 0.29) is 56.9 Å². The van der Waals surface area contributed by atoms with Gasteiger partial charge in [0.05, 0.1) is 24.9 Å². The minimum absolute atomic E-state index is 0.0264. The van der Waals surface area contributed by atoms with Crippen LogP contribution in [0.15, 0.2) is 54.1 Å². The molecule has 4 saturated heterocycles. The number of hydrogen-bond acceptors (Lipinski definition) is 10. The summed E-state index contributed by atoms with van der Waals surface area (Å²) in [6.45, 7) is 7.49. The third-order valence-corrected chi connectivity index (χ3v) is 13.6. The van der Waals surface area contributed by atoms with Gasteiger partial charge in [-0.05, 0) is 85.1 Å². The lowest BCUT2D eigenvalue weighted by atomic mass is 9.52. The lowest BCUT2D eigenvalue weighted by Gasteiger charge is -2.53. The average molecular weight is 742 g/mol. The summed E-state index contributed by atoms with van der Waals surface area (Å²) in [5.74, 6) is 0.0489. The Morgan fingerprint density at radius 1 is 1.00 bits per heavy atom. The number of aliphatic hydroxyl groups is 1. The monoisotopic (exact) mass is 741 g/mol. The highest BCUT2D eigenvalue weighted by Crippen LogP contribution is 2.60. The van der Waals surface area contributed by atoms with Crippen LogP contribution in [0.5, 0.6) is 0 Å². The van der Waals surface area contributed by atoms with Crippen LogP contribution in [0.25, 0.3) is 6.08 Å². The first-order chi connectivity index (χ1) is 26.0. The maximum absolute atomic E-state index is 14.5. The molecule has 7 aliphatic rings. The molecule has 2 bridgehead atoms. The Morgan fingerprint density at radius 2 is 1.81 bits per heavy atom. The fourth-order valence-corrected chi connectivity index (χ4v) is 10.7. The summed E-state index contributed by atoms with van der Waals surface area (Å²) < 4.78 is 24.1. The standard InChI is InChI=1S/C42H51N3O9/c1-40(2)19-29-27(10-11-32-41(3,53-32)13-12-30(29)40)17-24-6-4-8-26(16-24)22-45-35-38(48)52-31-20-42(35,36(54-45)34-33(31)50-23-51-34)39(49)44-21-25-7-5-9-28(18-25)37(47)43-14-15-46/h4-9,16-18,29-36,46H,10-15,19-23H2,1-3H3,(H,43,47)(H,44,49)/t29-,30-,31+,32?,33+,34+,35+,36-,41-,42+/m1/s1. The smallest absolute Gasteiger partial charge is 0.327 e. The van der Waals surface area contributed by atoms with Gasteiger partial charge in [0, 0.05) is 25.1 Å². The second kappa shape index (κ2) is 13.5. The van der Waals surface area contributed by atoms with Gasteiger partial charge in [-0.2, -0.15) is 5.06 Å². The molecule has 3 N–H and O–H groups in total. The third-order valence-electron chi connectivity index (χ3n) is 13.6. The summed E-state index contributed by atoms with van der Waals surface area (Å²) in [7, 11) is 0. The number of amides is 2. The fourth-order valence-electron chi connectivity index (χ4n) is 10.7. The summed E-state index contributed by atoms with van der Waals surface area (Å²) in [5.41, 5.74) is 3.77. The first-order valence-corrected chi connectivity index (χ1v) is 19.6. The van der Waals surface area contributed by atoms with E-state index in [1.807, 2.05) is 18.2 Å². The average Bonchev–Trinajstić information content (AvgIpc) is 3.43. The van der Waals surface area contributed by atoms with Crippen molar-refractivity contribution in [1.82, 2.24) is 15.7 Å².